The lowest BCUT2D eigenvalue weighted by molar-refractivity contribution is 0.470. The predicted molar refractivity (Wildman–Crippen MR) is 196 cm³/mol. The molecule has 1 nitrogen and oxygen atoms in total. The highest BCUT2D eigenvalue weighted by Gasteiger charge is 2.25. The molecule has 0 unspecified atom stereocenters. The molecular formula is C24H6Br12O. The van der Waals surface area contributed by atoms with Crippen LogP contribution >= 0.6 is 191 Å². The largest absolute Gasteiger partial charge is 0.452 e. The van der Waals surface area contributed by atoms with Crippen LogP contribution in [0.5, 0.6) is 11.5 Å². The summed E-state index contributed by atoms with van der Waals surface area (Å²) in [5.74, 6) is 1.20. The summed E-state index contributed by atoms with van der Waals surface area (Å²) < 4.78 is 17.0. The molecule has 37 heavy (non-hydrogen) atoms. The fourth-order valence-electron chi connectivity index (χ4n) is 3.41. The zero-order chi connectivity index (χ0) is 27.3. The van der Waals surface area contributed by atoms with E-state index in [1.54, 1.807) is 0 Å². The Morgan fingerprint density at radius 3 is 0.946 bits per heavy atom. The van der Waals surface area contributed by atoms with Gasteiger partial charge >= 0.3 is 0 Å². The van der Waals surface area contributed by atoms with Crippen LogP contribution < -0.4 is 4.74 Å². The van der Waals surface area contributed by atoms with Crippen molar-refractivity contribution < 1.29 is 4.74 Å². The molecule has 0 aliphatic rings. The molecule has 0 spiro atoms. The summed E-state index contributed by atoms with van der Waals surface area (Å²) in [7, 11) is 0. The third-order valence-corrected chi connectivity index (χ3v) is 13.9. The summed E-state index contributed by atoms with van der Waals surface area (Å²) in [6, 6.07) is 12.1. The van der Waals surface area contributed by atoms with Gasteiger partial charge in [0.05, 0.1) is 17.9 Å². The molecule has 4 aromatic carbocycles. The first-order chi connectivity index (χ1) is 17.3. The second-order valence-corrected chi connectivity index (χ2v) is 17.4. The van der Waals surface area contributed by atoms with Crippen molar-refractivity contribution in [3.8, 4) is 33.8 Å². The van der Waals surface area contributed by atoms with Crippen LogP contribution in [0.2, 0.25) is 0 Å². The highest BCUT2D eigenvalue weighted by atomic mass is 79.9. The minimum Gasteiger partial charge on any atom is -0.452 e. The first-order valence-electron chi connectivity index (χ1n) is 9.64. The van der Waals surface area contributed by atoms with Crippen molar-refractivity contribution in [2.45, 2.75) is 0 Å². The molecule has 0 aliphatic carbocycles. The van der Waals surface area contributed by atoms with Crippen molar-refractivity contribution in [2.24, 2.45) is 0 Å². The Bertz CT molecular complexity index is 1420. The zero-order valence-electron chi connectivity index (χ0n) is 17.4. The molecule has 192 valence electrons. The summed E-state index contributed by atoms with van der Waals surface area (Å²) >= 11 is 44.4. The number of hydrogen-bond donors (Lipinski definition) is 0. The molecule has 0 atom stereocenters. The molecule has 0 N–H and O–H groups in total. The smallest absolute Gasteiger partial charge is 0.157 e. The van der Waals surface area contributed by atoms with Gasteiger partial charge in [-0.15, -0.1) is 0 Å². The van der Waals surface area contributed by atoms with Gasteiger partial charge in [0.1, 0.15) is 0 Å². The summed E-state index contributed by atoms with van der Waals surface area (Å²) in [5.41, 5.74) is 3.81. The summed E-state index contributed by atoms with van der Waals surface area (Å²) in [6.45, 7) is 0. The van der Waals surface area contributed by atoms with E-state index in [4.69, 9.17) is 4.74 Å². The molecule has 0 saturated carbocycles. The van der Waals surface area contributed by atoms with Gasteiger partial charge in [-0.1, -0.05) is 95.6 Å². The van der Waals surface area contributed by atoms with Crippen LogP contribution in [0.15, 0.2) is 90.1 Å². The Morgan fingerprint density at radius 1 is 0.351 bits per heavy atom. The molecule has 4 rings (SSSR count). The molecule has 0 bridgehead atoms. The number of hydrogen-bond acceptors (Lipinski definition) is 1. The average molecular weight is 1270 g/mol. The molecule has 0 amide bonds. The highest BCUT2D eigenvalue weighted by molar-refractivity contribution is 9.14. The summed E-state index contributed by atoms with van der Waals surface area (Å²) in [4.78, 5) is 0. The molecule has 0 aliphatic heterocycles. The third-order valence-electron chi connectivity index (χ3n) is 4.99. The molecule has 13 heteroatoms. The van der Waals surface area contributed by atoms with Crippen LogP contribution in [0, 0.1) is 0 Å². The Labute approximate surface area is 314 Å². The minimum absolute atomic E-state index is 0.602. The van der Waals surface area contributed by atoms with Gasteiger partial charge in [-0.05, 0) is 132 Å². The number of benzene rings is 4. The van der Waals surface area contributed by atoms with E-state index >= 15 is 0 Å². The van der Waals surface area contributed by atoms with Crippen molar-refractivity contribution in [2.75, 3.05) is 0 Å². The van der Waals surface area contributed by atoms with E-state index < -0.39 is 0 Å². The lowest BCUT2D eigenvalue weighted by Gasteiger charge is -2.20. The van der Waals surface area contributed by atoms with Crippen LogP contribution in [0.25, 0.3) is 22.3 Å². The fourth-order valence-corrected chi connectivity index (χ4v) is 12.1. The quantitative estimate of drug-likeness (QED) is 0.185. The zero-order valence-corrected chi connectivity index (χ0v) is 36.4. The van der Waals surface area contributed by atoms with Gasteiger partial charge in [0.2, 0.25) is 0 Å². The fraction of sp³-hybridized carbons (Fsp3) is 0. The maximum Gasteiger partial charge on any atom is 0.157 e. The molecule has 0 fully saturated rings. The number of halogens is 12. The van der Waals surface area contributed by atoms with Gasteiger partial charge < -0.3 is 4.74 Å². The predicted octanol–water partition coefficient (Wildman–Crippen LogP) is 16.0. The van der Waals surface area contributed by atoms with Crippen molar-refractivity contribution >= 4 is 191 Å². The molecule has 0 aromatic heterocycles. The highest BCUT2D eigenvalue weighted by Crippen LogP contribution is 2.54. The van der Waals surface area contributed by atoms with Crippen molar-refractivity contribution in [1.82, 2.24) is 0 Å². The SMILES string of the molecule is Brc1cc(Br)c(-c2cc(Br)c(Br)c(Oc3c(Br)c(Br)cc(-c4c(Br)cc(Br)cc4Br)c3Br)c2Br)c(Br)c1. The standard InChI is InChI=1S/C24H6Br12O/c25-7-1-11(27)17(12(28)2-7)9-5-15(31)21(35)23(19(9)33)37-24-20(34)10(6-16(32)22(24)36)18-13(29)3-8(26)4-14(18)30/h1-6H. The molecule has 0 radical (unpaired) electrons. The third kappa shape index (κ3) is 6.83. The Kier molecular flexibility index (Phi) is 11.7. The van der Waals surface area contributed by atoms with E-state index in [0.717, 1.165) is 75.9 Å². The second-order valence-electron chi connectivity index (χ2n) is 7.32. The number of ether oxygens (including phenoxy) is 1. The summed E-state index contributed by atoms with van der Waals surface area (Å²) in [5, 5.41) is 0. The maximum atomic E-state index is 6.67. The lowest BCUT2D eigenvalue weighted by atomic mass is 10.0. The van der Waals surface area contributed by atoms with Crippen LogP contribution in [0.1, 0.15) is 0 Å². The van der Waals surface area contributed by atoms with Crippen LogP contribution in [0.3, 0.4) is 0 Å². The van der Waals surface area contributed by atoms with Crippen LogP contribution in [0.4, 0.5) is 0 Å². The maximum absolute atomic E-state index is 6.67. The van der Waals surface area contributed by atoms with Gasteiger partial charge in [-0.3, -0.25) is 0 Å². The van der Waals surface area contributed by atoms with Crippen molar-refractivity contribution in [3.63, 3.8) is 0 Å². The van der Waals surface area contributed by atoms with E-state index in [1.807, 2.05) is 36.4 Å². The van der Waals surface area contributed by atoms with E-state index in [9.17, 15) is 0 Å². The molecule has 4 aromatic rings. The summed E-state index contributed by atoms with van der Waals surface area (Å²) in [6.07, 6.45) is 0. The van der Waals surface area contributed by atoms with E-state index in [1.165, 1.54) is 0 Å². The first kappa shape index (κ1) is 32.4. The Morgan fingerprint density at radius 2 is 0.649 bits per heavy atom. The molecule has 0 heterocycles. The van der Waals surface area contributed by atoms with E-state index in [2.05, 4.69) is 191 Å². The van der Waals surface area contributed by atoms with Crippen molar-refractivity contribution in [3.05, 3.63) is 90.1 Å². The first-order valence-corrected chi connectivity index (χ1v) is 19.2. The van der Waals surface area contributed by atoms with Gasteiger partial charge in [0.15, 0.2) is 11.5 Å². The van der Waals surface area contributed by atoms with Crippen molar-refractivity contribution in [1.29, 1.82) is 0 Å². The second kappa shape index (κ2) is 13.4. The molecular weight excluding hydrogens is 1260 g/mol. The van der Waals surface area contributed by atoms with E-state index in [-0.39, 0.29) is 0 Å². The van der Waals surface area contributed by atoms with Crippen LogP contribution in [-0.2, 0) is 0 Å². The van der Waals surface area contributed by atoms with Gasteiger partial charge in [0.25, 0.3) is 0 Å². The topological polar surface area (TPSA) is 9.23 Å². The van der Waals surface area contributed by atoms with Gasteiger partial charge in [0, 0.05) is 58.0 Å². The Balaban J connectivity index is 1.95. The number of rotatable bonds is 4. The monoisotopic (exact) mass is 1260 g/mol. The van der Waals surface area contributed by atoms with Gasteiger partial charge in [-0.25, -0.2) is 0 Å². The average Bonchev–Trinajstić information content (AvgIpc) is 2.78. The van der Waals surface area contributed by atoms with Gasteiger partial charge in [-0.2, -0.15) is 0 Å². The Hall–Kier alpha value is 2.44. The van der Waals surface area contributed by atoms with E-state index in [0.29, 0.717) is 11.5 Å². The normalized spacial score (nSPS) is 11.2. The lowest BCUT2D eigenvalue weighted by Crippen LogP contribution is -1.96. The minimum atomic E-state index is 0.602. The molecule has 0 saturated heterocycles. The van der Waals surface area contributed by atoms with Crippen LogP contribution in [-0.4, -0.2) is 0 Å².